The molecular weight excluding hydrogens is 316 g/mol. The van der Waals surface area contributed by atoms with Crippen LogP contribution in [0, 0.1) is 6.92 Å². The summed E-state index contributed by atoms with van der Waals surface area (Å²) in [5.74, 6) is 1.49. The molecule has 1 saturated heterocycles. The number of nitrogens with one attached hydrogen (secondary N) is 2. The molecule has 1 aromatic heterocycles. The number of hydrogen-bond donors (Lipinski definition) is 3. The molecule has 4 N–H and O–H groups in total. The van der Waals surface area contributed by atoms with Gasteiger partial charge < -0.3 is 10.6 Å². The number of rotatable bonds is 5. The van der Waals surface area contributed by atoms with Crippen molar-refractivity contribution < 1.29 is 0 Å². The van der Waals surface area contributed by atoms with Gasteiger partial charge in [-0.05, 0) is 31.5 Å². The molecule has 134 valence electrons. The molecule has 2 unspecified atom stereocenters. The van der Waals surface area contributed by atoms with Crippen LogP contribution in [0.25, 0.3) is 0 Å². The van der Waals surface area contributed by atoms with Crippen LogP contribution in [-0.2, 0) is 6.54 Å². The third kappa shape index (κ3) is 4.04. The SMILES string of the molecule is Cc1ccccc1C1CC(N(C)Cc2nc(N)nc(N(C)C)n2)NN1. The number of aromatic nitrogens is 3. The fraction of sp³-hybridized carbons (Fsp3) is 0.471. The quantitative estimate of drug-likeness (QED) is 0.735. The Kier molecular flexibility index (Phi) is 5.12. The Labute approximate surface area is 148 Å². The molecule has 3 rings (SSSR count). The summed E-state index contributed by atoms with van der Waals surface area (Å²) < 4.78 is 0. The zero-order valence-electron chi connectivity index (χ0n) is 15.2. The summed E-state index contributed by atoms with van der Waals surface area (Å²) in [6.07, 6.45) is 1.15. The van der Waals surface area contributed by atoms with Crippen LogP contribution in [-0.4, -0.2) is 47.2 Å². The minimum Gasteiger partial charge on any atom is -0.368 e. The Morgan fingerprint density at radius 2 is 1.88 bits per heavy atom. The summed E-state index contributed by atoms with van der Waals surface area (Å²) in [5.41, 5.74) is 15.2. The highest BCUT2D eigenvalue weighted by Crippen LogP contribution is 2.26. The molecule has 2 atom stereocenters. The molecule has 8 nitrogen and oxygen atoms in total. The van der Waals surface area contributed by atoms with Crippen LogP contribution in [0.4, 0.5) is 11.9 Å². The summed E-state index contributed by atoms with van der Waals surface area (Å²) in [7, 11) is 5.82. The summed E-state index contributed by atoms with van der Waals surface area (Å²) in [6, 6.07) is 8.75. The van der Waals surface area contributed by atoms with Gasteiger partial charge in [-0.15, -0.1) is 0 Å². The van der Waals surface area contributed by atoms with Crippen LogP contribution >= 0.6 is 0 Å². The van der Waals surface area contributed by atoms with E-state index in [0.717, 1.165) is 6.42 Å². The topological polar surface area (TPSA) is 95.2 Å². The second kappa shape index (κ2) is 7.30. The number of aryl methyl sites for hydroxylation is 1. The average Bonchev–Trinajstić information content (AvgIpc) is 3.04. The van der Waals surface area contributed by atoms with Gasteiger partial charge in [0.25, 0.3) is 0 Å². The molecule has 0 spiro atoms. The molecular formula is C17H26N8. The van der Waals surface area contributed by atoms with Crippen molar-refractivity contribution in [3.8, 4) is 0 Å². The van der Waals surface area contributed by atoms with E-state index >= 15 is 0 Å². The molecule has 1 aliphatic rings. The van der Waals surface area contributed by atoms with Crippen LogP contribution in [0.15, 0.2) is 24.3 Å². The van der Waals surface area contributed by atoms with Gasteiger partial charge in [-0.2, -0.15) is 15.0 Å². The maximum atomic E-state index is 5.81. The van der Waals surface area contributed by atoms with E-state index in [0.29, 0.717) is 18.3 Å². The largest absolute Gasteiger partial charge is 0.368 e. The minimum absolute atomic E-state index is 0.186. The Bertz CT molecular complexity index is 732. The molecule has 1 aromatic carbocycles. The highest BCUT2D eigenvalue weighted by Gasteiger charge is 2.29. The summed E-state index contributed by atoms with van der Waals surface area (Å²) in [4.78, 5) is 16.9. The third-order valence-corrected chi connectivity index (χ3v) is 4.46. The molecule has 0 bridgehead atoms. The lowest BCUT2D eigenvalue weighted by Crippen LogP contribution is -2.42. The minimum atomic E-state index is 0.186. The highest BCUT2D eigenvalue weighted by atomic mass is 15.5. The summed E-state index contributed by atoms with van der Waals surface area (Å²) >= 11 is 0. The highest BCUT2D eigenvalue weighted by molar-refractivity contribution is 5.32. The van der Waals surface area contributed by atoms with Crippen molar-refractivity contribution in [2.45, 2.75) is 32.1 Å². The molecule has 0 aliphatic carbocycles. The third-order valence-electron chi connectivity index (χ3n) is 4.46. The molecule has 8 heteroatoms. The number of nitrogen functional groups attached to an aromatic ring is 1. The van der Waals surface area contributed by atoms with Crippen LogP contribution in [0.3, 0.4) is 0 Å². The molecule has 1 fully saturated rings. The Morgan fingerprint density at radius 1 is 1.12 bits per heavy atom. The number of hydrogen-bond acceptors (Lipinski definition) is 8. The number of nitrogens with two attached hydrogens (primary N) is 1. The van der Waals surface area contributed by atoms with Gasteiger partial charge >= 0.3 is 0 Å². The van der Waals surface area contributed by atoms with Crippen LogP contribution in [0.2, 0.25) is 0 Å². The van der Waals surface area contributed by atoms with Gasteiger partial charge in [0.2, 0.25) is 11.9 Å². The zero-order valence-corrected chi connectivity index (χ0v) is 15.2. The van der Waals surface area contributed by atoms with Crippen LogP contribution < -0.4 is 21.5 Å². The normalized spacial score (nSPS) is 20.2. The van der Waals surface area contributed by atoms with E-state index in [9.17, 15) is 0 Å². The van der Waals surface area contributed by atoms with Crippen molar-refractivity contribution in [2.24, 2.45) is 0 Å². The Balaban J connectivity index is 1.67. The standard InChI is InChI=1S/C17H26N8/c1-11-7-5-6-8-12(11)13-9-15(23-22-13)25(4)10-14-19-16(18)21-17(20-14)24(2)3/h5-8,13,15,22-23H,9-10H2,1-4H3,(H2,18,19,20,21). The molecule has 0 amide bonds. The number of benzene rings is 1. The molecule has 25 heavy (non-hydrogen) atoms. The maximum absolute atomic E-state index is 5.81. The van der Waals surface area contributed by atoms with E-state index in [1.165, 1.54) is 11.1 Å². The fourth-order valence-electron chi connectivity index (χ4n) is 3.04. The molecule has 1 aliphatic heterocycles. The monoisotopic (exact) mass is 342 g/mol. The van der Waals surface area contributed by atoms with Gasteiger partial charge in [-0.3, -0.25) is 4.90 Å². The molecule has 0 saturated carbocycles. The van der Waals surface area contributed by atoms with Gasteiger partial charge in [-0.1, -0.05) is 24.3 Å². The van der Waals surface area contributed by atoms with Crippen molar-refractivity contribution in [3.63, 3.8) is 0 Å². The van der Waals surface area contributed by atoms with Crippen molar-refractivity contribution in [2.75, 3.05) is 31.8 Å². The van der Waals surface area contributed by atoms with Gasteiger partial charge in [0.05, 0.1) is 12.7 Å². The maximum Gasteiger partial charge on any atom is 0.229 e. The lowest BCUT2D eigenvalue weighted by Gasteiger charge is -2.23. The fourth-order valence-corrected chi connectivity index (χ4v) is 3.04. The van der Waals surface area contributed by atoms with Gasteiger partial charge in [0.15, 0.2) is 0 Å². The van der Waals surface area contributed by atoms with Gasteiger partial charge in [0.1, 0.15) is 5.82 Å². The van der Waals surface area contributed by atoms with Crippen molar-refractivity contribution >= 4 is 11.9 Å². The summed E-state index contributed by atoms with van der Waals surface area (Å²) in [5, 5.41) is 0. The van der Waals surface area contributed by atoms with Gasteiger partial charge in [-0.25, -0.2) is 10.9 Å². The van der Waals surface area contributed by atoms with Crippen molar-refractivity contribution in [1.29, 1.82) is 0 Å². The van der Waals surface area contributed by atoms with E-state index < -0.39 is 0 Å². The number of anilines is 2. The lowest BCUT2D eigenvalue weighted by molar-refractivity contribution is 0.205. The van der Waals surface area contributed by atoms with Gasteiger partial charge in [0, 0.05) is 20.1 Å². The van der Waals surface area contributed by atoms with E-state index in [4.69, 9.17) is 5.73 Å². The predicted molar refractivity (Wildman–Crippen MR) is 98.6 cm³/mol. The van der Waals surface area contributed by atoms with E-state index in [1.54, 1.807) is 0 Å². The van der Waals surface area contributed by atoms with Crippen molar-refractivity contribution in [1.82, 2.24) is 30.7 Å². The first kappa shape index (κ1) is 17.5. The predicted octanol–water partition coefficient (Wildman–Crippen LogP) is 0.825. The average molecular weight is 342 g/mol. The van der Waals surface area contributed by atoms with E-state index in [2.05, 4.69) is 68.9 Å². The second-order valence-electron chi connectivity index (χ2n) is 6.67. The number of nitrogens with zero attached hydrogens (tertiary/aromatic N) is 5. The Morgan fingerprint density at radius 3 is 2.60 bits per heavy atom. The van der Waals surface area contributed by atoms with Crippen molar-refractivity contribution in [3.05, 3.63) is 41.2 Å². The smallest absolute Gasteiger partial charge is 0.229 e. The second-order valence-corrected chi connectivity index (χ2v) is 6.67. The van der Waals surface area contributed by atoms with Crippen LogP contribution in [0.5, 0.6) is 0 Å². The zero-order chi connectivity index (χ0) is 18.0. The lowest BCUT2D eigenvalue weighted by atomic mass is 9.99. The van der Waals surface area contributed by atoms with E-state index in [1.807, 2.05) is 19.0 Å². The first-order chi connectivity index (χ1) is 11.9. The van der Waals surface area contributed by atoms with Crippen LogP contribution in [0.1, 0.15) is 29.4 Å². The Hall–Kier alpha value is -2.29. The first-order valence-electron chi connectivity index (χ1n) is 8.38. The summed E-state index contributed by atoms with van der Waals surface area (Å²) in [6.45, 7) is 2.73. The van der Waals surface area contributed by atoms with E-state index in [-0.39, 0.29) is 18.2 Å². The molecule has 2 aromatic rings. The molecule has 0 radical (unpaired) electrons. The molecule has 2 heterocycles. The number of hydrazine groups is 1. The first-order valence-corrected chi connectivity index (χ1v) is 8.38.